The number of unbranched alkanes of at least 4 members (excludes halogenated alkanes) is 2. The second-order valence-electron chi connectivity index (χ2n) is 7.53. The zero-order chi connectivity index (χ0) is 21.6. The Hall–Kier alpha value is -2.04. The van der Waals surface area contributed by atoms with Gasteiger partial charge in [-0.05, 0) is 37.5 Å². The Kier molecular flexibility index (Phi) is 8.12. The fraction of sp³-hybridized carbons (Fsp3) is 0.524. The molecule has 1 aromatic carbocycles. The van der Waals surface area contributed by atoms with Crippen molar-refractivity contribution in [1.29, 1.82) is 5.26 Å². The van der Waals surface area contributed by atoms with Crippen LogP contribution in [0.25, 0.3) is 10.9 Å². The Morgan fingerprint density at radius 2 is 2.14 bits per heavy atom. The molecule has 1 amide bonds. The van der Waals surface area contributed by atoms with E-state index >= 15 is 0 Å². The normalized spacial score (nSPS) is 13.3. The van der Waals surface area contributed by atoms with Crippen molar-refractivity contribution in [3.8, 4) is 6.07 Å². The number of fused-ring (bicyclic) bond motifs is 1. The van der Waals surface area contributed by atoms with Gasteiger partial charge >= 0.3 is 0 Å². The summed E-state index contributed by atoms with van der Waals surface area (Å²) in [5, 5.41) is 13.7. The van der Waals surface area contributed by atoms with Gasteiger partial charge in [0.15, 0.2) is 5.16 Å². The van der Waals surface area contributed by atoms with Crippen molar-refractivity contribution in [3.63, 3.8) is 0 Å². The standard InChI is InChI=1S/C21H27ClN4O2S/c1-5-6-7-10-26-19(28)16-9-8-15(22)11-17(16)24-20(26)29-12-18(27)25-21(4,13-23)14(2)3/h8-9,11,14H,5-7,10,12H2,1-4H3,(H,25,27). The number of rotatable bonds is 9. The van der Waals surface area contributed by atoms with Crippen LogP contribution in [0, 0.1) is 17.2 Å². The molecule has 156 valence electrons. The van der Waals surface area contributed by atoms with Crippen LogP contribution in [0.4, 0.5) is 0 Å². The van der Waals surface area contributed by atoms with E-state index in [1.807, 2.05) is 13.8 Å². The Morgan fingerprint density at radius 3 is 2.76 bits per heavy atom. The highest BCUT2D eigenvalue weighted by molar-refractivity contribution is 7.99. The molecule has 29 heavy (non-hydrogen) atoms. The van der Waals surface area contributed by atoms with E-state index in [4.69, 9.17) is 11.6 Å². The fourth-order valence-electron chi connectivity index (χ4n) is 2.76. The molecule has 1 unspecified atom stereocenters. The zero-order valence-electron chi connectivity index (χ0n) is 17.3. The van der Waals surface area contributed by atoms with Gasteiger partial charge in [0.2, 0.25) is 5.91 Å². The summed E-state index contributed by atoms with van der Waals surface area (Å²) < 4.78 is 1.63. The average molecular weight is 435 g/mol. The fourth-order valence-corrected chi connectivity index (χ4v) is 3.75. The minimum Gasteiger partial charge on any atom is -0.337 e. The number of nitrogens with zero attached hydrogens (tertiary/aromatic N) is 3. The van der Waals surface area contributed by atoms with Crippen LogP contribution in [-0.2, 0) is 11.3 Å². The van der Waals surface area contributed by atoms with Gasteiger partial charge in [0.05, 0.1) is 22.7 Å². The molecule has 0 saturated carbocycles. The van der Waals surface area contributed by atoms with Crippen LogP contribution in [0.3, 0.4) is 0 Å². The van der Waals surface area contributed by atoms with E-state index in [9.17, 15) is 14.9 Å². The summed E-state index contributed by atoms with van der Waals surface area (Å²) in [7, 11) is 0. The number of hydrogen-bond acceptors (Lipinski definition) is 5. The first-order valence-corrected chi connectivity index (χ1v) is 11.1. The number of halogens is 1. The predicted octanol–water partition coefficient (Wildman–Crippen LogP) is 4.39. The van der Waals surface area contributed by atoms with Gasteiger partial charge in [0.1, 0.15) is 5.54 Å². The topological polar surface area (TPSA) is 87.8 Å². The van der Waals surface area contributed by atoms with Gasteiger partial charge in [-0.3, -0.25) is 14.2 Å². The lowest BCUT2D eigenvalue weighted by Crippen LogP contribution is -2.49. The predicted molar refractivity (Wildman–Crippen MR) is 118 cm³/mol. The van der Waals surface area contributed by atoms with Crippen LogP contribution in [0.15, 0.2) is 28.2 Å². The molecule has 1 aromatic heterocycles. The monoisotopic (exact) mass is 434 g/mol. The number of nitrogens with one attached hydrogen (secondary N) is 1. The van der Waals surface area contributed by atoms with E-state index in [1.165, 1.54) is 11.8 Å². The summed E-state index contributed by atoms with van der Waals surface area (Å²) in [6, 6.07) is 7.19. The SMILES string of the molecule is CCCCCn1c(SCC(=O)NC(C)(C#N)C(C)C)nc2cc(Cl)ccc2c1=O. The molecule has 1 N–H and O–H groups in total. The molecule has 2 aromatic rings. The van der Waals surface area contributed by atoms with Crippen molar-refractivity contribution < 1.29 is 4.79 Å². The number of nitriles is 1. The molecule has 6 nitrogen and oxygen atoms in total. The Balaban J connectivity index is 2.30. The molecule has 1 heterocycles. The molecule has 1 atom stereocenters. The van der Waals surface area contributed by atoms with Crippen molar-refractivity contribution in [2.75, 3.05) is 5.75 Å². The molecule has 0 fully saturated rings. The molecule has 8 heteroatoms. The second kappa shape index (κ2) is 10.1. The van der Waals surface area contributed by atoms with Crippen molar-refractivity contribution in [2.45, 2.75) is 64.2 Å². The van der Waals surface area contributed by atoms with E-state index in [2.05, 4.69) is 23.3 Å². The zero-order valence-corrected chi connectivity index (χ0v) is 18.9. The lowest BCUT2D eigenvalue weighted by molar-refractivity contribution is -0.120. The van der Waals surface area contributed by atoms with Crippen LogP contribution >= 0.6 is 23.4 Å². The number of carbonyl (C=O) groups is 1. The van der Waals surface area contributed by atoms with E-state index in [0.29, 0.717) is 27.6 Å². The third kappa shape index (κ3) is 5.74. The summed E-state index contributed by atoms with van der Waals surface area (Å²) in [6.07, 6.45) is 2.90. The molecular weight excluding hydrogens is 408 g/mol. The quantitative estimate of drug-likeness (QED) is 0.359. The number of amides is 1. The van der Waals surface area contributed by atoms with Gasteiger partial charge < -0.3 is 5.32 Å². The molecule has 0 aliphatic heterocycles. The highest BCUT2D eigenvalue weighted by Gasteiger charge is 2.30. The first-order valence-electron chi connectivity index (χ1n) is 9.77. The Labute approximate surface area is 180 Å². The molecule has 0 aliphatic rings. The van der Waals surface area contributed by atoms with Crippen molar-refractivity contribution in [3.05, 3.63) is 33.6 Å². The number of hydrogen-bond donors (Lipinski definition) is 1. The van der Waals surface area contributed by atoms with Crippen LogP contribution in [0.5, 0.6) is 0 Å². The van der Waals surface area contributed by atoms with Crippen LogP contribution < -0.4 is 10.9 Å². The van der Waals surface area contributed by atoms with Gasteiger partial charge in [-0.1, -0.05) is 57.0 Å². The van der Waals surface area contributed by atoms with Gasteiger partial charge in [-0.15, -0.1) is 0 Å². The molecule has 0 aliphatic carbocycles. The number of thioether (sulfide) groups is 1. The molecule has 0 spiro atoms. The molecule has 0 saturated heterocycles. The van der Waals surface area contributed by atoms with Gasteiger partial charge in [-0.25, -0.2) is 4.98 Å². The van der Waals surface area contributed by atoms with Gasteiger partial charge in [0, 0.05) is 11.6 Å². The van der Waals surface area contributed by atoms with Gasteiger partial charge in [-0.2, -0.15) is 5.26 Å². The summed E-state index contributed by atoms with van der Waals surface area (Å²) >= 11 is 7.26. The smallest absolute Gasteiger partial charge is 0.262 e. The van der Waals surface area contributed by atoms with Crippen LogP contribution in [0.1, 0.15) is 47.0 Å². The largest absolute Gasteiger partial charge is 0.337 e. The maximum Gasteiger partial charge on any atom is 0.262 e. The molecule has 2 rings (SSSR count). The number of aromatic nitrogens is 2. The number of carbonyl (C=O) groups excluding carboxylic acids is 1. The molecule has 0 bridgehead atoms. The van der Waals surface area contributed by atoms with E-state index in [-0.39, 0.29) is 23.1 Å². The highest BCUT2D eigenvalue weighted by atomic mass is 35.5. The summed E-state index contributed by atoms with van der Waals surface area (Å²) in [6.45, 7) is 8.12. The lowest BCUT2D eigenvalue weighted by Gasteiger charge is -2.27. The molecular formula is C21H27ClN4O2S. The minimum atomic E-state index is -0.942. The summed E-state index contributed by atoms with van der Waals surface area (Å²) in [4.78, 5) is 30.0. The third-order valence-electron chi connectivity index (χ3n) is 4.99. The second-order valence-corrected chi connectivity index (χ2v) is 8.90. The Bertz CT molecular complexity index is 983. The minimum absolute atomic E-state index is 0.0328. The van der Waals surface area contributed by atoms with E-state index in [1.54, 1.807) is 29.7 Å². The summed E-state index contributed by atoms with van der Waals surface area (Å²) in [5.74, 6) is -0.237. The summed E-state index contributed by atoms with van der Waals surface area (Å²) in [5.41, 5.74) is -0.557. The van der Waals surface area contributed by atoms with Gasteiger partial charge in [0.25, 0.3) is 5.56 Å². The van der Waals surface area contributed by atoms with Crippen molar-refractivity contribution in [2.24, 2.45) is 5.92 Å². The van der Waals surface area contributed by atoms with E-state index < -0.39 is 5.54 Å². The Morgan fingerprint density at radius 1 is 1.41 bits per heavy atom. The average Bonchev–Trinajstić information content (AvgIpc) is 2.67. The van der Waals surface area contributed by atoms with E-state index in [0.717, 1.165) is 19.3 Å². The highest BCUT2D eigenvalue weighted by Crippen LogP contribution is 2.22. The van der Waals surface area contributed by atoms with Crippen LogP contribution in [0.2, 0.25) is 5.02 Å². The number of benzene rings is 1. The first kappa shape index (κ1) is 23.2. The van der Waals surface area contributed by atoms with Crippen molar-refractivity contribution >= 4 is 40.2 Å². The first-order chi connectivity index (χ1) is 13.7. The van der Waals surface area contributed by atoms with Crippen molar-refractivity contribution in [1.82, 2.24) is 14.9 Å². The molecule has 0 radical (unpaired) electrons. The lowest BCUT2D eigenvalue weighted by atomic mass is 9.90. The maximum absolute atomic E-state index is 13.0. The maximum atomic E-state index is 13.0. The third-order valence-corrected chi connectivity index (χ3v) is 6.20. The van der Waals surface area contributed by atoms with Crippen LogP contribution in [-0.4, -0.2) is 26.8 Å².